The molecule has 4 N–H and O–H groups in total. The van der Waals surface area contributed by atoms with E-state index in [0.29, 0.717) is 29.4 Å². The van der Waals surface area contributed by atoms with Gasteiger partial charge >= 0.3 is 17.8 Å². The molecular weight excluding hydrogens is 569 g/mol. The van der Waals surface area contributed by atoms with Crippen molar-refractivity contribution in [3.05, 3.63) is 86.5 Å². The number of fused-ring (bicyclic) bond motifs is 1. The number of halogens is 3. The number of esters is 1. The Balaban J connectivity index is 0.000000850. The summed E-state index contributed by atoms with van der Waals surface area (Å²) in [5, 5.41) is 15.7. The number of ether oxygens (including phenoxy) is 1. The van der Waals surface area contributed by atoms with Crippen LogP contribution in [0.1, 0.15) is 35.2 Å². The monoisotopic (exact) mass is 594 g/mol. The highest BCUT2D eigenvalue weighted by molar-refractivity contribution is 7.85. The van der Waals surface area contributed by atoms with Crippen LogP contribution in [0.3, 0.4) is 0 Å². The van der Waals surface area contributed by atoms with Gasteiger partial charge in [0.2, 0.25) is 5.95 Å². The van der Waals surface area contributed by atoms with E-state index in [1.165, 1.54) is 35.6 Å². The Morgan fingerprint density at radius 2 is 1.93 bits per heavy atom. The maximum Gasteiger partial charge on any atom is 0.416 e. The predicted molar refractivity (Wildman–Crippen MR) is 141 cm³/mol. The molecule has 0 aliphatic carbocycles. The molecule has 1 atom stereocenters. The van der Waals surface area contributed by atoms with Crippen LogP contribution < -0.4 is 16.3 Å². The molecule has 1 aliphatic heterocycles. The Bertz CT molecular complexity index is 1700. The van der Waals surface area contributed by atoms with Gasteiger partial charge in [-0.25, -0.2) is 19.3 Å². The average Bonchev–Trinajstić information content (AvgIpc) is 3.27. The molecule has 12 nitrogen and oxygen atoms in total. The largest absolute Gasteiger partial charge is 0.466 e. The molecule has 0 radical (unpaired) electrons. The molecule has 2 heterocycles. The van der Waals surface area contributed by atoms with Crippen LogP contribution >= 0.6 is 0 Å². The number of nitrogens with zero attached hydrogens (tertiary/aromatic N) is 4. The smallest absolute Gasteiger partial charge is 0.416 e. The number of hydrogen-bond acceptors (Lipinski definition) is 9. The van der Waals surface area contributed by atoms with E-state index in [1.807, 2.05) is 6.07 Å². The number of methoxy groups -OCH3 is 1. The third-order valence-corrected chi connectivity index (χ3v) is 5.96. The fourth-order valence-corrected chi connectivity index (χ4v) is 4.39. The lowest BCUT2D eigenvalue weighted by atomic mass is 9.89. The summed E-state index contributed by atoms with van der Waals surface area (Å²) >= 11 is 0. The minimum Gasteiger partial charge on any atom is -0.466 e. The van der Waals surface area contributed by atoms with Crippen molar-refractivity contribution in [2.24, 2.45) is 5.73 Å². The van der Waals surface area contributed by atoms with Gasteiger partial charge in [0.15, 0.2) is 0 Å². The zero-order valence-electron chi connectivity index (χ0n) is 21.9. The fourth-order valence-electron chi connectivity index (χ4n) is 4.39. The second-order valence-corrected chi connectivity index (χ2v) is 10.2. The van der Waals surface area contributed by atoms with E-state index < -0.39 is 39.6 Å². The van der Waals surface area contributed by atoms with Crippen molar-refractivity contribution in [1.29, 1.82) is 5.26 Å². The lowest BCUT2D eigenvalue weighted by molar-refractivity contribution is -0.138. The second kappa shape index (κ2) is 12.0. The second-order valence-electron chi connectivity index (χ2n) is 8.77. The number of anilines is 2. The standard InChI is InChI=1S/C24H21F3N6O3.CH4O3S/c1-13-19(21(34)36-2)20(18-7-6-14(12-29)10-15(18)8-9-28)33-22(30-31-23(33)35)32(13)17-5-3-4-16(11-17)24(25,26)27;1-5(2,3)4/h3-7,10-11,20H,8-9,28H2,1-2H3,(H,31,35);1H3,(H,2,3,4)/t20-;/m1./s1. The Hall–Kier alpha value is -4.46. The van der Waals surface area contributed by atoms with Crippen LogP contribution in [0.2, 0.25) is 0 Å². The van der Waals surface area contributed by atoms with Crippen LogP contribution in [0.5, 0.6) is 0 Å². The zero-order chi connectivity index (χ0) is 30.7. The number of hydrogen-bond donors (Lipinski definition) is 3. The number of carbonyl (C=O) groups excluding carboxylic acids is 1. The number of allylic oxidation sites excluding steroid dienone is 1. The van der Waals surface area contributed by atoms with Crippen molar-refractivity contribution in [3.8, 4) is 6.07 Å². The van der Waals surface area contributed by atoms with Gasteiger partial charge in [-0.2, -0.15) is 26.9 Å². The van der Waals surface area contributed by atoms with Gasteiger partial charge in [0, 0.05) is 11.4 Å². The topological polar surface area (TPSA) is 184 Å². The molecule has 1 aromatic heterocycles. The molecule has 0 amide bonds. The summed E-state index contributed by atoms with van der Waals surface area (Å²) in [5.41, 5.74) is 5.97. The van der Waals surface area contributed by atoms with Gasteiger partial charge in [-0.3, -0.25) is 9.45 Å². The molecule has 3 aromatic rings. The van der Waals surface area contributed by atoms with E-state index in [-0.39, 0.29) is 29.5 Å². The van der Waals surface area contributed by atoms with Gasteiger partial charge in [0.05, 0.1) is 36.1 Å². The molecule has 16 heteroatoms. The highest BCUT2D eigenvalue weighted by Crippen LogP contribution is 2.43. The minimum absolute atomic E-state index is 0.0162. The van der Waals surface area contributed by atoms with Crippen molar-refractivity contribution in [2.75, 3.05) is 24.8 Å². The Kier molecular flexibility index (Phi) is 9.06. The first-order valence-electron chi connectivity index (χ1n) is 11.7. The van der Waals surface area contributed by atoms with Crippen LogP contribution in [-0.2, 0) is 32.2 Å². The molecule has 4 rings (SSSR count). The van der Waals surface area contributed by atoms with Gasteiger partial charge in [0.25, 0.3) is 10.1 Å². The Morgan fingerprint density at radius 3 is 2.49 bits per heavy atom. The maximum atomic E-state index is 13.4. The van der Waals surface area contributed by atoms with E-state index in [2.05, 4.69) is 10.2 Å². The third-order valence-electron chi connectivity index (χ3n) is 5.96. The quantitative estimate of drug-likeness (QED) is 0.293. The number of carbonyl (C=O) groups is 1. The SMILES string of the molecule is COC(=O)C1=C(C)N(c2cccc(C(F)(F)F)c2)c2n[nH]c(=O)n2[C@@H]1c1ccc(C#N)cc1CCN.CS(=O)(=O)O. The minimum atomic E-state index is -4.61. The third kappa shape index (κ3) is 6.82. The zero-order valence-corrected chi connectivity index (χ0v) is 22.7. The van der Waals surface area contributed by atoms with Gasteiger partial charge in [0.1, 0.15) is 6.04 Å². The number of H-pyrrole nitrogens is 1. The number of alkyl halides is 3. The number of aromatic nitrogens is 3. The number of nitrogens with one attached hydrogen (secondary N) is 1. The Morgan fingerprint density at radius 1 is 1.27 bits per heavy atom. The lowest BCUT2D eigenvalue weighted by Gasteiger charge is -2.36. The van der Waals surface area contributed by atoms with Crippen molar-refractivity contribution < 1.29 is 35.7 Å². The van der Waals surface area contributed by atoms with Crippen LogP contribution in [0.25, 0.3) is 0 Å². The Labute approximate surface area is 232 Å². The van der Waals surface area contributed by atoms with E-state index in [1.54, 1.807) is 18.2 Å². The van der Waals surface area contributed by atoms with Crippen LogP contribution in [0, 0.1) is 11.3 Å². The summed E-state index contributed by atoms with van der Waals surface area (Å²) in [6.45, 7) is 1.77. The summed E-state index contributed by atoms with van der Waals surface area (Å²) in [6.07, 6.45) is -3.55. The summed E-state index contributed by atoms with van der Waals surface area (Å²) in [4.78, 5) is 27.4. The van der Waals surface area contributed by atoms with Gasteiger partial charge in [-0.15, -0.1) is 5.10 Å². The molecule has 0 saturated heterocycles. The summed E-state index contributed by atoms with van der Waals surface area (Å²) in [6, 6.07) is 10.3. The van der Waals surface area contributed by atoms with Crippen LogP contribution in [-0.4, -0.2) is 53.6 Å². The van der Waals surface area contributed by atoms with Crippen molar-refractivity contribution >= 4 is 27.7 Å². The molecule has 0 saturated carbocycles. The number of rotatable bonds is 5. The summed E-state index contributed by atoms with van der Waals surface area (Å²) in [5.74, 6) is -0.797. The van der Waals surface area contributed by atoms with Crippen molar-refractivity contribution in [1.82, 2.24) is 14.8 Å². The van der Waals surface area contributed by atoms with E-state index in [4.69, 9.17) is 15.0 Å². The molecule has 218 valence electrons. The van der Waals surface area contributed by atoms with E-state index >= 15 is 0 Å². The fraction of sp³-hybridized carbons (Fsp3) is 0.280. The highest BCUT2D eigenvalue weighted by atomic mass is 32.2. The summed E-state index contributed by atoms with van der Waals surface area (Å²) in [7, 11) is -2.50. The van der Waals surface area contributed by atoms with Gasteiger partial charge in [-0.1, -0.05) is 12.1 Å². The number of nitrogens with two attached hydrogens (primary N) is 1. The molecule has 2 aromatic carbocycles. The molecule has 0 fully saturated rings. The van der Waals surface area contributed by atoms with E-state index in [0.717, 1.165) is 12.1 Å². The molecule has 0 bridgehead atoms. The normalized spacial score (nSPS) is 15.0. The summed E-state index contributed by atoms with van der Waals surface area (Å²) < 4.78 is 72.4. The van der Waals surface area contributed by atoms with Gasteiger partial charge in [-0.05, 0) is 61.3 Å². The predicted octanol–water partition coefficient (Wildman–Crippen LogP) is 2.66. The maximum absolute atomic E-state index is 13.4. The number of nitriles is 1. The molecule has 1 aliphatic rings. The first-order chi connectivity index (χ1) is 19.1. The van der Waals surface area contributed by atoms with E-state index in [9.17, 15) is 36.4 Å². The molecular formula is C25H25F3N6O6S. The molecule has 0 unspecified atom stereocenters. The van der Waals surface area contributed by atoms with Crippen molar-refractivity contribution in [2.45, 2.75) is 25.6 Å². The lowest BCUT2D eigenvalue weighted by Crippen LogP contribution is -2.38. The number of benzene rings is 2. The molecule has 41 heavy (non-hydrogen) atoms. The first kappa shape index (κ1) is 31.1. The van der Waals surface area contributed by atoms with Gasteiger partial charge < -0.3 is 10.5 Å². The molecule has 0 spiro atoms. The van der Waals surface area contributed by atoms with Crippen LogP contribution in [0.15, 0.2) is 58.5 Å². The number of aromatic amines is 1. The van der Waals surface area contributed by atoms with Crippen molar-refractivity contribution in [3.63, 3.8) is 0 Å². The first-order valence-corrected chi connectivity index (χ1v) is 13.6. The highest BCUT2D eigenvalue weighted by Gasteiger charge is 2.40. The average molecular weight is 595 g/mol. The van der Waals surface area contributed by atoms with Crippen LogP contribution in [0.4, 0.5) is 24.8 Å².